The van der Waals surface area contributed by atoms with Gasteiger partial charge in [-0.15, -0.1) is 0 Å². The van der Waals surface area contributed by atoms with Crippen LogP contribution in [-0.2, 0) is 12.0 Å². The summed E-state index contributed by atoms with van der Waals surface area (Å²) in [4.78, 5) is 18.1. The van der Waals surface area contributed by atoms with Crippen molar-refractivity contribution in [2.24, 2.45) is 0 Å². The molecule has 1 aliphatic rings. The maximum atomic E-state index is 12.2. The average Bonchev–Trinajstić information content (AvgIpc) is 2.53. The molecule has 126 valence electrons. The zero-order chi connectivity index (χ0) is 17.2. The highest BCUT2D eigenvalue weighted by molar-refractivity contribution is 9.10. The second-order valence-corrected chi connectivity index (χ2v) is 7.06. The number of halogens is 1. The van der Waals surface area contributed by atoms with Gasteiger partial charge in [-0.2, -0.15) is 0 Å². The fourth-order valence-corrected chi connectivity index (χ4v) is 3.27. The van der Waals surface area contributed by atoms with Crippen molar-refractivity contribution >= 4 is 22.0 Å². The maximum Gasteiger partial charge on any atom is 0.317 e. The number of nitrogens with zero attached hydrogens (tertiary/aromatic N) is 2. The Balaban J connectivity index is 1.49. The number of hydrogen-bond acceptors (Lipinski definition) is 3. The Hall–Kier alpha value is -1.92. The van der Waals surface area contributed by atoms with Gasteiger partial charge in [0, 0.05) is 29.3 Å². The number of likely N-dealkylation sites (tertiary alicyclic amines) is 1. The van der Waals surface area contributed by atoms with E-state index in [1.807, 2.05) is 43.3 Å². The Morgan fingerprint density at radius 1 is 1.38 bits per heavy atom. The molecule has 2 aromatic rings. The van der Waals surface area contributed by atoms with Gasteiger partial charge in [-0.05, 0) is 36.2 Å². The summed E-state index contributed by atoms with van der Waals surface area (Å²) in [6.45, 7) is 3.15. The van der Waals surface area contributed by atoms with Crippen LogP contribution in [0.1, 0.15) is 16.8 Å². The van der Waals surface area contributed by atoms with Gasteiger partial charge in [0.15, 0.2) is 0 Å². The van der Waals surface area contributed by atoms with Gasteiger partial charge < -0.3 is 15.3 Å². The Morgan fingerprint density at radius 2 is 2.17 bits per heavy atom. The first-order chi connectivity index (χ1) is 11.5. The van der Waals surface area contributed by atoms with Gasteiger partial charge in [-0.25, -0.2) is 4.79 Å². The van der Waals surface area contributed by atoms with Crippen molar-refractivity contribution in [1.29, 1.82) is 0 Å². The number of carbonyl (C=O) groups is 1. The zero-order valence-corrected chi connectivity index (χ0v) is 15.1. The molecular weight excluding hydrogens is 370 g/mol. The predicted octanol–water partition coefficient (Wildman–Crippen LogP) is 2.61. The SMILES string of the molecule is Cc1cccnc1CCNC(=O)N1CC(O)(c2cccc(Br)c2)C1. The third-order valence-corrected chi connectivity index (χ3v) is 4.80. The Labute approximate surface area is 149 Å². The molecule has 5 nitrogen and oxygen atoms in total. The van der Waals surface area contributed by atoms with Gasteiger partial charge in [-0.3, -0.25) is 4.98 Å². The molecule has 2 heterocycles. The molecule has 1 fully saturated rings. The summed E-state index contributed by atoms with van der Waals surface area (Å²) in [7, 11) is 0. The molecule has 3 rings (SSSR count). The molecular formula is C18H20BrN3O2. The number of rotatable bonds is 4. The average molecular weight is 390 g/mol. The highest BCUT2D eigenvalue weighted by Crippen LogP contribution is 2.33. The number of carbonyl (C=O) groups excluding carboxylic acids is 1. The van der Waals surface area contributed by atoms with E-state index in [0.717, 1.165) is 21.3 Å². The Kier molecular flexibility index (Phi) is 4.87. The summed E-state index contributed by atoms with van der Waals surface area (Å²) in [5.74, 6) is 0. The molecule has 1 aromatic heterocycles. The third kappa shape index (κ3) is 3.60. The number of nitrogens with one attached hydrogen (secondary N) is 1. The lowest BCUT2D eigenvalue weighted by atomic mass is 9.86. The fourth-order valence-electron chi connectivity index (χ4n) is 2.87. The molecule has 1 aromatic carbocycles. The van der Waals surface area contributed by atoms with Gasteiger partial charge in [0.25, 0.3) is 0 Å². The van der Waals surface area contributed by atoms with Crippen molar-refractivity contribution in [2.75, 3.05) is 19.6 Å². The van der Waals surface area contributed by atoms with Crippen LogP contribution in [0.3, 0.4) is 0 Å². The second-order valence-electron chi connectivity index (χ2n) is 6.15. The lowest BCUT2D eigenvalue weighted by Crippen LogP contribution is -2.63. The second kappa shape index (κ2) is 6.91. The van der Waals surface area contributed by atoms with E-state index in [-0.39, 0.29) is 6.03 Å². The van der Waals surface area contributed by atoms with Crippen LogP contribution in [0.4, 0.5) is 4.79 Å². The fraction of sp³-hybridized carbons (Fsp3) is 0.333. The van der Waals surface area contributed by atoms with Gasteiger partial charge in [0.1, 0.15) is 5.60 Å². The molecule has 0 bridgehead atoms. The Morgan fingerprint density at radius 3 is 2.88 bits per heavy atom. The number of aryl methyl sites for hydroxylation is 1. The van der Waals surface area contributed by atoms with Crippen LogP contribution in [-0.4, -0.2) is 40.7 Å². The van der Waals surface area contributed by atoms with Gasteiger partial charge >= 0.3 is 6.03 Å². The van der Waals surface area contributed by atoms with Crippen LogP contribution in [0.2, 0.25) is 0 Å². The molecule has 24 heavy (non-hydrogen) atoms. The molecule has 0 saturated carbocycles. The quantitative estimate of drug-likeness (QED) is 0.844. The first kappa shape index (κ1) is 16.9. The van der Waals surface area contributed by atoms with E-state index in [4.69, 9.17) is 0 Å². The van der Waals surface area contributed by atoms with E-state index < -0.39 is 5.60 Å². The van der Waals surface area contributed by atoms with Crippen LogP contribution in [0.15, 0.2) is 47.1 Å². The van der Waals surface area contributed by atoms with E-state index in [2.05, 4.69) is 26.2 Å². The molecule has 2 N–H and O–H groups in total. The normalized spacial score (nSPS) is 15.7. The molecule has 0 aliphatic carbocycles. The maximum absolute atomic E-state index is 12.2. The monoisotopic (exact) mass is 389 g/mol. The van der Waals surface area contributed by atoms with Crippen molar-refractivity contribution in [3.8, 4) is 0 Å². The first-order valence-electron chi connectivity index (χ1n) is 7.90. The largest absolute Gasteiger partial charge is 0.381 e. The number of amides is 2. The summed E-state index contributed by atoms with van der Waals surface area (Å²) >= 11 is 3.40. The lowest BCUT2D eigenvalue weighted by molar-refractivity contribution is -0.0815. The van der Waals surface area contributed by atoms with Crippen molar-refractivity contribution in [2.45, 2.75) is 18.9 Å². The van der Waals surface area contributed by atoms with Crippen LogP contribution >= 0.6 is 15.9 Å². The zero-order valence-electron chi connectivity index (χ0n) is 13.5. The minimum absolute atomic E-state index is 0.150. The van der Waals surface area contributed by atoms with Gasteiger partial charge in [-0.1, -0.05) is 34.1 Å². The molecule has 0 atom stereocenters. The van der Waals surface area contributed by atoms with Crippen LogP contribution in [0, 0.1) is 6.92 Å². The standard InChI is InChI=1S/C18H20BrN3O2/c1-13-4-3-8-20-16(13)7-9-21-17(23)22-11-18(24,12-22)14-5-2-6-15(19)10-14/h2-6,8,10,24H,7,9,11-12H2,1H3,(H,21,23). The van der Waals surface area contributed by atoms with Crippen molar-refractivity contribution in [3.63, 3.8) is 0 Å². The van der Waals surface area contributed by atoms with Crippen molar-refractivity contribution < 1.29 is 9.90 Å². The first-order valence-corrected chi connectivity index (χ1v) is 8.69. The van der Waals surface area contributed by atoms with Crippen LogP contribution in [0.5, 0.6) is 0 Å². The predicted molar refractivity (Wildman–Crippen MR) is 95.7 cm³/mol. The highest BCUT2D eigenvalue weighted by Gasteiger charge is 2.44. The van der Waals surface area contributed by atoms with E-state index in [0.29, 0.717) is 26.1 Å². The molecule has 1 aliphatic heterocycles. The summed E-state index contributed by atoms with van der Waals surface area (Å²) < 4.78 is 0.919. The van der Waals surface area contributed by atoms with Crippen LogP contribution < -0.4 is 5.32 Å². The lowest BCUT2D eigenvalue weighted by Gasteiger charge is -2.46. The minimum atomic E-state index is -0.960. The smallest absolute Gasteiger partial charge is 0.317 e. The van der Waals surface area contributed by atoms with E-state index in [1.165, 1.54) is 0 Å². The minimum Gasteiger partial charge on any atom is -0.381 e. The summed E-state index contributed by atoms with van der Waals surface area (Å²) in [6, 6.07) is 11.3. The Bertz CT molecular complexity index is 745. The number of urea groups is 1. The van der Waals surface area contributed by atoms with Gasteiger partial charge in [0.05, 0.1) is 13.1 Å². The summed E-state index contributed by atoms with van der Waals surface area (Å²) in [6.07, 6.45) is 2.46. The number of benzene rings is 1. The number of aromatic nitrogens is 1. The van der Waals surface area contributed by atoms with E-state index >= 15 is 0 Å². The molecule has 0 spiro atoms. The third-order valence-electron chi connectivity index (χ3n) is 4.31. The summed E-state index contributed by atoms with van der Waals surface area (Å²) in [5.41, 5.74) is 1.98. The van der Waals surface area contributed by atoms with Crippen LogP contribution in [0.25, 0.3) is 0 Å². The van der Waals surface area contributed by atoms with Crippen molar-refractivity contribution in [1.82, 2.24) is 15.2 Å². The molecule has 1 saturated heterocycles. The molecule has 0 radical (unpaired) electrons. The molecule has 6 heteroatoms. The molecule has 2 amide bonds. The summed E-state index contributed by atoms with van der Waals surface area (Å²) in [5, 5.41) is 13.5. The van der Waals surface area contributed by atoms with Crippen molar-refractivity contribution in [3.05, 3.63) is 63.9 Å². The number of β-amino-alcohol motifs (C(OH)–C–C–N with tert-alkyl or cyclic N) is 1. The number of pyridine rings is 1. The molecule has 0 unspecified atom stereocenters. The van der Waals surface area contributed by atoms with E-state index in [9.17, 15) is 9.90 Å². The van der Waals surface area contributed by atoms with Gasteiger partial charge in [0.2, 0.25) is 0 Å². The number of aliphatic hydroxyl groups is 1. The highest BCUT2D eigenvalue weighted by atomic mass is 79.9. The number of hydrogen-bond donors (Lipinski definition) is 2. The van der Waals surface area contributed by atoms with E-state index in [1.54, 1.807) is 11.1 Å². The topological polar surface area (TPSA) is 65.5 Å².